The molecule has 0 saturated carbocycles. The summed E-state index contributed by atoms with van der Waals surface area (Å²) in [5.41, 5.74) is 0.594. The maximum atomic E-state index is 13.6. The third-order valence-electron chi connectivity index (χ3n) is 3.80. The van der Waals surface area contributed by atoms with Crippen molar-refractivity contribution in [1.29, 1.82) is 0 Å². The minimum atomic E-state index is -0.511. The van der Waals surface area contributed by atoms with Crippen LogP contribution in [-0.4, -0.2) is 13.1 Å². The molecule has 0 heterocycles. The van der Waals surface area contributed by atoms with Gasteiger partial charge in [0.2, 0.25) is 0 Å². The average molecular weight is 283 g/mol. The van der Waals surface area contributed by atoms with Gasteiger partial charge in [0.05, 0.1) is 0 Å². The molecule has 1 unspecified atom stereocenters. The lowest BCUT2D eigenvalue weighted by Gasteiger charge is -2.16. The minimum absolute atomic E-state index is 0.265. The van der Waals surface area contributed by atoms with E-state index < -0.39 is 11.6 Å². The van der Waals surface area contributed by atoms with Crippen LogP contribution in [0.3, 0.4) is 0 Å². The molecule has 0 bridgehead atoms. The second kappa shape index (κ2) is 9.87. The highest BCUT2D eigenvalue weighted by Crippen LogP contribution is 2.15. The summed E-state index contributed by atoms with van der Waals surface area (Å²) in [7, 11) is 1.91. The van der Waals surface area contributed by atoms with Crippen LogP contribution >= 0.6 is 0 Å². The van der Waals surface area contributed by atoms with Crippen LogP contribution in [0.15, 0.2) is 18.2 Å². The lowest BCUT2D eigenvalue weighted by molar-refractivity contribution is 0.470. The Morgan fingerprint density at radius 3 is 2.40 bits per heavy atom. The van der Waals surface area contributed by atoms with Crippen LogP contribution in [-0.2, 0) is 6.42 Å². The Labute approximate surface area is 121 Å². The second-order valence-electron chi connectivity index (χ2n) is 5.48. The predicted molar refractivity (Wildman–Crippen MR) is 80.9 cm³/mol. The molecule has 0 amide bonds. The Hall–Kier alpha value is -0.960. The van der Waals surface area contributed by atoms with Crippen LogP contribution in [0.25, 0.3) is 0 Å². The average Bonchev–Trinajstić information content (AvgIpc) is 2.43. The van der Waals surface area contributed by atoms with Gasteiger partial charge >= 0.3 is 0 Å². The Balaban J connectivity index is 2.31. The van der Waals surface area contributed by atoms with Crippen molar-refractivity contribution >= 4 is 0 Å². The Kier molecular flexibility index (Phi) is 8.43. The van der Waals surface area contributed by atoms with Crippen LogP contribution in [0.2, 0.25) is 0 Å². The zero-order valence-electron chi connectivity index (χ0n) is 12.7. The zero-order valence-corrected chi connectivity index (χ0v) is 12.7. The van der Waals surface area contributed by atoms with E-state index in [2.05, 4.69) is 12.2 Å². The highest BCUT2D eigenvalue weighted by molar-refractivity contribution is 5.19. The molecule has 114 valence electrons. The fourth-order valence-electron chi connectivity index (χ4n) is 2.47. The van der Waals surface area contributed by atoms with Gasteiger partial charge in [0.25, 0.3) is 0 Å². The molecule has 0 fully saturated rings. The van der Waals surface area contributed by atoms with Crippen molar-refractivity contribution < 1.29 is 8.78 Å². The van der Waals surface area contributed by atoms with E-state index in [4.69, 9.17) is 0 Å². The summed E-state index contributed by atoms with van der Waals surface area (Å²) < 4.78 is 26.5. The lowest BCUT2D eigenvalue weighted by atomic mass is 9.99. The first kappa shape index (κ1) is 17.1. The van der Waals surface area contributed by atoms with Gasteiger partial charge in [0.1, 0.15) is 11.6 Å². The van der Waals surface area contributed by atoms with E-state index >= 15 is 0 Å². The maximum absolute atomic E-state index is 13.6. The minimum Gasteiger partial charge on any atom is -0.317 e. The van der Waals surface area contributed by atoms with E-state index in [9.17, 15) is 8.78 Å². The number of benzene rings is 1. The molecule has 0 saturated heterocycles. The summed E-state index contributed by atoms with van der Waals surface area (Å²) in [6.45, 7) is 2.22. The quantitative estimate of drug-likeness (QED) is 0.605. The highest BCUT2D eigenvalue weighted by atomic mass is 19.1. The largest absolute Gasteiger partial charge is 0.317 e. The van der Waals surface area contributed by atoms with E-state index in [1.54, 1.807) is 6.07 Å². The molecule has 1 N–H and O–H groups in total. The molecule has 1 rings (SSSR count). The smallest absolute Gasteiger partial charge is 0.129 e. The van der Waals surface area contributed by atoms with Crippen molar-refractivity contribution in [3.63, 3.8) is 0 Å². The lowest BCUT2D eigenvalue weighted by Crippen LogP contribution is -2.27. The monoisotopic (exact) mass is 283 g/mol. The standard InChI is InChI=1S/C17H27F2N/c1-3-4-5-6-7-8-9-16(20-2)12-14-10-11-15(18)13-17(14)19/h10-11,13,16,20H,3-9,12H2,1-2H3. The van der Waals surface area contributed by atoms with Crippen molar-refractivity contribution in [2.24, 2.45) is 0 Å². The number of rotatable bonds is 10. The van der Waals surface area contributed by atoms with E-state index in [-0.39, 0.29) is 6.04 Å². The zero-order chi connectivity index (χ0) is 14.8. The predicted octanol–water partition coefficient (Wildman–Crippen LogP) is 4.85. The number of halogens is 2. The van der Waals surface area contributed by atoms with E-state index in [1.807, 2.05) is 7.05 Å². The van der Waals surface area contributed by atoms with Crippen molar-refractivity contribution in [2.45, 2.75) is 64.3 Å². The molecular weight excluding hydrogens is 256 g/mol. The molecule has 0 spiro atoms. The fraction of sp³-hybridized carbons (Fsp3) is 0.647. The molecule has 1 nitrogen and oxygen atoms in total. The summed E-state index contributed by atoms with van der Waals surface area (Å²) >= 11 is 0. The summed E-state index contributed by atoms with van der Waals surface area (Å²) in [6, 6.07) is 4.11. The van der Waals surface area contributed by atoms with E-state index in [1.165, 1.54) is 38.2 Å². The Morgan fingerprint density at radius 2 is 1.75 bits per heavy atom. The van der Waals surface area contributed by atoms with Gasteiger partial charge in [-0.1, -0.05) is 51.5 Å². The third kappa shape index (κ3) is 6.47. The van der Waals surface area contributed by atoms with Crippen LogP contribution in [0, 0.1) is 11.6 Å². The van der Waals surface area contributed by atoms with Crippen molar-refractivity contribution in [3.05, 3.63) is 35.4 Å². The van der Waals surface area contributed by atoms with Gasteiger partial charge in [0, 0.05) is 12.1 Å². The maximum Gasteiger partial charge on any atom is 0.129 e. The molecular formula is C17H27F2N. The Morgan fingerprint density at radius 1 is 1.05 bits per heavy atom. The number of hydrogen-bond donors (Lipinski definition) is 1. The SMILES string of the molecule is CCCCCCCCC(Cc1ccc(F)cc1F)NC. The first-order valence-electron chi connectivity index (χ1n) is 7.78. The molecule has 1 aromatic rings. The fourth-order valence-corrected chi connectivity index (χ4v) is 2.47. The third-order valence-corrected chi connectivity index (χ3v) is 3.80. The highest BCUT2D eigenvalue weighted by Gasteiger charge is 2.11. The van der Waals surface area contributed by atoms with Crippen molar-refractivity contribution in [2.75, 3.05) is 7.05 Å². The van der Waals surface area contributed by atoms with Crippen LogP contribution in [0.4, 0.5) is 8.78 Å². The summed E-state index contributed by atoms with van der Waals surface area (Å²) in [5.74, 6) is -0.948. The number of likely N-dealkylation sites (N-methyl/N-ethyl adjacent to an activating group) is 1. The molecule has 1 aromatic carbocycles. The van der Waals surface area contributed by atoms with Crippen LogP contribution in [0.5, 0.6) is 0 Å². The van der Waals surface area contributed by atoms with Crippen molar-refractivity contribution in [1.82, 2.24) is 5.32 Å². The van der Waals surface area contributed by atoms with Gasteiger partial charge < -0.3 is 5.32 Å². The molecule has 0 aromatic heterocycles. The van der Waals surface area contributed by atoms with Gasteiger partial charge in [-0.2, -0.15) is 0 Å². The Bertz CT molecular complexity index is 379. The van der Waals surface area contributed by atoms with Crippen LogP contribution in [0.1, 0.15) is 57.4 Å². The molecule has 0 aliphatic carbocycles. The van der Waals surface area contributed by atoms with Crippen LogP contribution < -0.4 is 5.32 Å². The summed E-state index contributed by atoms with van der Waals surface area (Å²) in [6.07, 6.45) is 9.25. The van der Waals surface area contributed by atoms with Gasteiger partial charge in [0.15, 0.2) is 0 Å². The molecule has 3 heteroatoms. The van der Waals surface area contributed by atoms with E-state index in [0.717, 1.165) is 18.9 Å². The number of nitrogens with one attached hydrogen (secondary N) is 1. The second-order valence-corrected chi connectivity index (χ2v) is 5.48. The molecule has 0 aliphatic heterocycles. The van der Waals surface area contributed by atoms with Gasteiger partial charge in [-0.3, -0.25) is 0 Å². The van der Waals surface area contributed by atoms with Gasteiger partial charge in [-0.25, -0.2) is 8.78 Å². The first-order valence-corrected chi connectivity index (χ1v) is 7.78. The van der Waals surface area contributed by atoms with E-state index in [0.29, 0.717) is 12.0 Å². The molecule has 1 atom stereocenters. The summed E-state index contributed by atoms with van der Waals surface area (Å²) in [4.78, 5) is 0. The first-order chi connectivity index (χ1) is 9.67. The molecule has 0 aliphatic rings. The molecule has 0 radical (unpaired) electrons. The topological polar surface area (TPSA) is 12.0 Å². The van der Waals surface area contributed by atoms with Crippen molar-refractivity contribution in [3.8, 4) is 0 Å². The number of hydrogen-bond acceptors (Lipinski definition) is 1. The van der Waals surface area contributed by atoms with Gasteiger partial charge in [-0.05, 0) is 31.5 Å². The number of unbranched alkanes of at least 4 members (excludes halogenated alkanes) is 5. The van der Waals surface area contributed by atoms with Gasteiger partial charge in [-0.15, -0.1) is 0 Å². The normalized spacial score (nSPS) is 12.6. The molecule has 20 heavy (non-hydrogen) atoms. The summed E-state index contributed by atoms with van der Waals surface area (Å²) in [5, 5.41) is 3.23.